The normalized spacial score (nSPS) is 12.4. The van der Waals surface area contributed by atoms with Gasteiger partial charge in [0, 0.05) is 27.8 Å². The number of rotatable bonds is 6. The molecule has 0 radical (unpaired) electrons. The van der Waals surface area contributed by atoms with E-state index in [-0.39, 0.29) is 10.6 Å². The van der Waals surface area contributed by atoms with Crippen LogP contribution in [0.5, 0.6) is 0 Å². The zero-order valence-corrected chi connectivity index (χ0v) is 17.3. The molecule has 6 nitrogen and oxygen atoms in total. The molecule has 10 heteroatoms. The molecule has 0 amide bonds. The van der Waals surface area contributed by atoms with E-state index in [1.165, 1.54) is 35.7 Å². The molecule has 0 spiro atoms. The summed E-state index contributed by atoms with van der Waals surface area (Å²) in [5, 5.41) is 11.3. The van der Waals surface area contributed by atoms with Crippen LogP contribution in [0.25, 0.3) is 0 Å². The molecule has 27 heavy (non-hydrogen) atoms. The Bertz CT molecular complexity index is 957. The molecule has 142 valence electrons. The smallest absolute Gasteiger partial charge is 0.258 e. The average molecular weight is 443 g/mol. The third kappa shape index (κ3) is 6.69. The van der Waals surface area contributed by atoms with Crippen LogP contribution >= 0.6 is 35.1 Å². The predicted molar refractivity (Wildman–Crippen MR) is 112 cm³/mol. The standard InChI is InChI=1S/C17H15ClN2O4S3/c1-2-3-12-25-17(26-15-8-4-13(18)5-9-15)19-27(23,24)16-10-6-14(7-11-16)20(21)22/h2-11H,12H2,1H3/b3-2+,19-17-. The van der Waals surface area contributed by atoms with Crippen molar-refractivity contribution >= 4 is 55.2 Å². The van der Waals surface area contributed by atoms with E-state index in [0.29, 0.717) is 15.2 Å². The number of hydrogen-bond donors (Lipinski definition) is 0. The number of benzene rings is 2. The van der Waals surface area contributed by atoms with Crippen LogP contribution in [0.2, 0.25) is 5.02 Å². The SMILES string of the molecule is C/C=C/CS/C(=N/S(=O)(=O)c1ccc([N+](=O)[O-])cc1)Sc1ccc(Cl)cc1. The van der Waals surface area contributed by atoms with Gasteiger partial charge in [0.25, 0.3) is 15.7 Å². The lowest BCUT2D eigenvalue weighted by atomic mass is 10.3. The minimum atomic E-state index is -3.99. The van der Waals surface area contributed by atoms with E-state index in [4.69, 9.17) is 11.6 Å². The van der Waals surface area contributed by atoms with E-state index in [2.05, 4.69) is 4.40 Å². The molecule has 2 aromatic carbocycles. The maximum atomic E-state index is 12.6. The number of allylic oxidation sites excluding steroid dienone is 1. The molecule has 0 saturated carbocycles. The van der Waals surface area contributed by atoms with Crippen LogP contribution in [0.4, 0.5) is 5.69 Å². The van der Waals surface area contributed by atoms with Gasteiger partial charge in [0.1, 0.15) is 4.38 Å². The zero-order chi connectivity index (χ0) is 19.9. The summed E-state index contributed by atoms with van der Waals surface area (Å²) in [7, 11) is -3.99. The summed E-state index contributed by atoms with van der Waals surface area (Å²) in [6, 6.07) is 11.6. The van der Waals surface area contributed by atoms with Crippen molar-refractivity contribution in [3.05, 3.63) is 75.8 Å². The summed E-state index contributed by atoms with van der Waals surface area (Å²) in [6.45, 7) is 1.87. The number of thioether (sulfide) groups is 2. The van der Waals surface area contributed by atoms with Crippen molar-refractivity contribution in [2.24, 2.45) is 4.40 Å². The Morgan fingerprint density at radius 1 is 1.19 bits per heavy atom. The quantitative estimate of drug-likeness (QED) is 0.149. The first-order valence-corrected chi connectivity index (χ1v) is 11.2. The molecule has 0 aliphatic rings. The third-order valence-electron chi connectivity index (χ3n) is 3.10. The molecule has 0 N–H and O–H groups in total. The fraction of sp³-hybridized carbons (Fsp3) is 0.118. The van der Waals surface area contributed by atoms with E-state index in [9.17, 15) is 18.5 Å². The maximum Gasteiger partial charge on any atom is 0.283 e. The molecular weight excluding hydrogens is 428 g/mol. The maximum absolute atomic E-state index is 12.6. The Balaban J connectivity index is 2.31. The highest BCUT2D eigenvalue weighted by Crippen LogP contribution is 2.29. The van der Waals surface area contributed by atoms with Gasteiger partial charge in [0.05, 0.1) is 9.82 Å². The lowest BCUT2D eigenvalue weighted by Gasteiger charge is -2.06. The molecule has 0 atom stereocenters. The Morgan fingerprint density at radius 3 is 2.37 bits per heavy atom. The number of nitro benzene ring substituents is 1. The van der Waals surface area contributed by atoms with Gasteiger partial charge in [-0.15, -0.1) is 4.40 Å². The highest BCUT2D eigenvalue weighted by atomic mass is 35.5. The topological polar surface area (TPSA) is 89.6 Å². The van der Waals surface area contributed by atoms with Crippen LogP contribution < -0.4 is 0 Å². The van der Waals surface area contributed by atoms with Gasteiger partial charge in [-0.25, -0.2) is 0 Å². The monoisotopic (exact) mass is 442 g/mol. The van der Waals surface area contributed by atoms with Crippen LogP contribution in [-0.4, -0.2) is 23.5 Å². The number of hydrogen-bond acceptors (Lipinski definition) is 6. The number of sulfonamides is 1. The van der Waals surface area contributed by atoms with Crippen molar-refractivity contribution in [1.29, 1.82) is 0 Å². The molecule has 0 heterocycles. The second-order valence-corrected chi connectivity index (χ2v) is 9.39. The Morgan fingerprint density at radius 2 is 1.81 bits per heavy atom. The number of nitro groups is 1. The van der Waals surface area contributed by atoms with Gasteiger partial charge in [-0.3, -0.25) is 10.1 Å². The summed E-state index contributed by atoms with van der Waals surface area (Å²) in [6.07, 6.45) is 3.75. The van der Waals surface area contributed by atoms with Crippen LogP contribution in [0.1, 0.15) is 6.92 Å². The average Bonchev–Trinajstić information content (AvgIpc) is 2.63. The van der Waals surface area contributed by atoms with Crippen molar-refractivity contribution < 1.29 is 13.3 Å². The van der Waals surface area contributed by atoms with Gasteiger partial charge in [0.15, 0.2) is 0 Å². The zero-order valence-electron chi connectivity index (χ0n) is 14.1. The lowest BCUT2D eigenvalue weighted by Crippen LogP contribution is -2.01. The summed E-state index contributed by atoms with van der Waals surface area (Å²) in [4.78, 5) is 10.8. The number of halogens is 1. The lowest BCUT2D eigenvalue weighted by molar-refractivity contribution is -0.384. The van der Waals surface area contributed by atoms with Crippen molar-refractivity contribution in [1.82, 2.24) is 0 Å². The van der Waals surface area contributed by atoms with Crippen molar-refractivity contribution in [3.8, 4) is 0 Å². The molecule has 0 aliphatic heterocycles. The Hall–Kier alpha value is -1.81. The van der Waals surface area contributed by atoms with E-state index in [1.54, 1.807) is 24.3 Å². The first-order valence-electron chi connectivity index (χ1n) is 7.58. The molecule has 0 unspecified atom stereocenters. The molecule has 2 aromatic rings. The van der Waals surface area contributed by atoms with Crippen molar-refractivity contribution in [3.63, 3.8) is 0 Å². The van der Waals surface area contributed by atoms with Gasteiger partial charge in [-0.2, -0.15) is 8.42 Å². The second-order valence-electron chi connectivity index (χ2n) is 5.02. The predicted octanol–water partition coefficient (Wildman–Crippen LogP) is 5.39. The molecule has 0 saturated heterocycles. The van der Waals surface area contributed by atoms with Gasteiger partial charge in [-0.05, 0) is 43.3 Å². The van der Waals surface area contributed by atoms with E-state index >= 15 is 0 Å². The van der Waals surface area contributed by atoms with Gasteiger partial charge in [-0.1, -0.05) is 47.3 Å². The van der Waals surface area contributed by atoms with Crippen molar-refractivity contribution in [2.75, 3.05) is 5.75 Å². The van der Waals surface area contributed by atoms with E-state index < -0.39 is 14.9 Å². The van der Waals surface area contributed by atoms with Crippen LogP contribution in [0, 0.1) is 10.1 Å². The third-order valence-corrected chi connectivity index (χ3v) is 6.95. The fourth-order valence-electron chi connectivity index (χ4n) is 1.78. The van der Waals surface area contributed by atoms with Crippen molar-refractivity contribution in [2.45, 2.75) is 16.7 Å². The van der Waals surface area contributed by atoms with Gasteiger partial charge in [0.2, 0.25) is 0 Å². The Kier molecular flexibility index (Phi) is 7.91. The fourth-order valence-corrected chi connectivity index (χ4v) is 5.27. The Labute approximate surface area is 170 Å². The molecule has 0 bridgehead atoms. The molecule has 0 fully saturated rings. The highest BCUT2D eigenvalue weighted by molar-refractivity contribution is 8.39. The summed E-state index contributed by atoms with van der Waals surface area (Å²) in [5.74, 6) is 0.561. The first-order chi connectivity index (χ1) is 12.8. The molecule has 0 aliphatic carbocycles. The molecule has 0 aromatic heterocycles. The van der Waals surface area contributed by atoms with Gasteiger partial charge >= 0.3 is 0 Å². The summed E-state index contributed by atoms with van der Waals surface area (Å²) < 4.78 is 29.4. The number of nitrogens with zero attached hydrogens (tertiary/aromatic N) is 2. The minimum absolute atomic E-state index is 0.103. The van der Waals surface area contributed by atoms with E-state index in [1.807, 2.05) is 19.1 Å². The van der Waals surface area contributed by atoms with Crippen LogP contribution in [0.15, 0.2) is 74.9 Å². The van der Waals surface area contributed by atoms with Gasteiger partial charge < -0.3 is 0 Å². The number of non-ortho nitro benzene ring substituents is 1. The first kappa shape index (κ1) is 21.5. The summed E-state index contributed by atoms with van der Waals surface area (Å²) in [5.41, 5.74) is -0.184. The minimum Gasteiger partial charge on any atom is -0.258 e. The molecular formula is C17H15ClN2O4S3. The van der Waals surface area contributed by atoms with Crippen LogP contribution in [0.3, 0.4) is 0 Å². The largest absolute Gasteiger partial charge is 0.283 e. The van der Waals surface area contributed by atoms with Crippen LogP contribution in [-0.2, 0) is 10.0 Å². The van der Waals surface area contributed by atoms with E-state index in [0.717, 1.165) is 17.0 Å². The second kappa shape index (κ2) is 9.93. The summed E-state index contributed by atoms with van der Waals surface area (Å²) >= 11 is 8.37. The molecule has 2 rings (SSSR count). The highest BCUT2D eigenvalue weighted by Gasteiger charge is 2.17.